The predicted octanol–water partition coefficient (Wildman–Crippen LogP) is 1.17. The van der Waals surface area contributed by atoms with Crippen LogP contribution in [0.5, 0.6) is 0 Å². The van der Waals surface area contributed by atoms with Gasteiger partial charge < -0.3 is 14.6 Å². The van der Waals surface area contributed by atoms with Crippen molar-refractivity contribution in [3.8, 4) is 0 Å². The molecule has 19 heavy (non-hydrogen) atoms. The molecule has 5 nitrogen and oxygen atoms in total. The fourth-order valence-corrected chi connectivity index (χ4v) is 2.36. The molecular weight excluding hydrogens is 242 g/mol. The summed E-state index contributed by atoms with van der Waals surface area (Å²) in [6.07, 6.45) is 6.98. The molecule has 1 aromatic rings. The third-order valence-corrected chi connectivity index (χ3v) is 3.52. The Hall–Kier alpha value is -1.20. The van der Waals surface area contributed by atoms with Gasteiger partial charge in [-0.2, -0.15) is 0 Å². The third-order valence-electron chi connectivity index (χ3n) is 3.52. The number of hydrogen-bond donors (Lipinski definition) is 1. The van der Waals surface area contributed by atoms with Crippen LogP contribution in [-0.4, -0.2) is 41.1 Å². The Labute approximate surface area is 114 Å². The number of piperidine rings is 1. The SMILES string of the molecule is CCn1ccnc1CC(=O)CCOC1CCNCC1. The number of rotatable bonds is 7. The first-order chi connectivity index (χ1) is 9.29. The molecule has 0 unspecified atom stereocenters. The fourth-order valence-electron chi connectivity index (χ4n) is 2.36. The van der Waals surface area contributed by atoms with Gasteiger partial charge in [-0.25, -0.2) is 4.98 Å². The zero-order valence-corrected chi connectivity index (χ0v) is 11.6. The van der Waals surface area contributed by atoms with Gasteiger partial charge in [0.15, 0.2) is 0 Å². The first kappa shape index (κ1) is 14.2. The monoisotopic (exact) mass is 265 g/mol. The highest BCUT2D eigenvalue weighted by Crippen LogP contribution is 2.08. The first-order valence-corrected chi connectivity index (χ1v) is 7.13. The third kappa shape index (κ3) is 4.44. The number of nitrogens with zero attached hydrogens (tertiary/aromatic N) is 2. The van der Waals surface area contributed by atoms with Gasteiger partial charge in [-0.1, -0.05) is 0 Å². The van der Waals surface area contributed by atoms with Crippen molar-refractivity contribution in [3.63, 3.8) is 0 Å². The van der Waals surface area contributed by atoms with Gasteiger partial charge in [0.1, 0.15) is 11.6 Å². The molecule has 5 heteroatoms. The second-order valence-corrected chi connectivity index (χ2v) is 4.92. The summed E-state index contributed by atoms with van der Waals surface area (Å²) in [5.41, 5.74) is 0. The van der Waals surface area contributed by atoms with Crippen LogP contribution in [-0.2, 0) is 22.5 Å². The molecule has 1 saturated heterocycles. The number of aromatic nitrogens is 2. The molecule has 1 N–H and O–H groups in total. The molecule has 0 radical (unpaired) electrons. The van der Waals surface area contributed by atoms with Crippen molar-refractivity contribution in [3.05, 3.63) is 18.2 Å². The van der Waals surface area contributed by atoms with Gasteiger partial charge in [-0.05, 0) is 32.9 Å². The maximum atomic E-state index is 11.9. The van der Waals surface area contributed by atoms with E-state index in [1.165, 1.54) is 0 Å². The maximum absolute atomic E-state index is 11.9. The standard InChI is InChI=1S/C14H23N3O2/c1-2-17-9-8-16-14(17)11-12(18)5-10-19-13-3-6-15-7-4-13/h8-9,13,15H,2-7,10-11H2,1H3. The van der Waals surface area contributed by atoms with Crippen LogP contribution in [0, 0.1) is 0 Å². The van der Waals surface area contributed by atoms with Crippen LogP contribution in [0.15, 0.2) is 12.4 Å². The Morgan fingerprint density at radius 2 is 2.32 bits per heavy atom. The summed E-state index contributed by atoms with van der Waals surface area (Å²) in [4.78, 5) is 16.1. The van der Waals surface area contributed by atoms with Crippen molar-refractivity contribution in [2.24, 2.45) is 0 Å². The predicted molar refractivity (Wildman–Crippen MR) is 73.1 cm³/mol. The zero-order valence-electron chi connectivity index (χ0n) is 11.6. The van der Waals surface area contributed by atoms with Crippen molar-refractivity contribution in [2.45, 2.75) is 45.3 Å². The van der Waals surface area contributed by atoms with Crippen molar-refractivity contribution in [1.82, 2.24) is 14.9 Å². The van der Waals surface area contributed by atoms with Crippen LogP contribution in [0.3, 0.4) is 0 Å². The average Bonchev–Trinajstić information content (AvgIpc) is 2.87. The summed E-state index contributed by atoms with van der Waals surface area (Å²) < 4.78 is 7.75. The molecule has 1 fully saturated rings. The summed E-state index contributed by atoms with van der Waals surface area (Å²) in [6, 6.07) is 0. The van der Waals surface area contributed by atoms with E-state index >= 15 is 0 Å². The summed E-state index contributed by atoms with van der Waals surface area (Å²) >= 11 is 0. The molecular formula is C14H23N3O2. The van der Waals surface area contributed by atoms with Gasteiger partial charge in [0.25, 0.3) is 0 Å². The second-order valence-electron chi connectivity index (χ2n) is 4.92. The van der Waals surface area contributed by atoms with E-state index in [1.54, 1.807) is 6.20 Å². The number of aryl methyl sites for hydroxylation is 1. The minimum atomic E-state index is 0.204. The molecule has 0 amide bonds. The van der Waals surface area contributed by atoms with Crippen LogP contribution in [0.2, 0.25) is 0 Å². The Balaban J connectivity index is 1.67. The molecule has 0 bridgehead atoms. The van der Waals surface area contributed by atoms with E-state index in [0.717, 1.165) is 38.3 Å². The van der Waals surface area contributed by atoms with Gasteiger partial charge in [0.2, 0.25) is 0 Å². The molecule has 1 aliphatic rings. The molecule has 1 aromatic heterocycles. The Morgan fingerprint density at radius 3 is 3.05 bits per heavy atom. The molecule has 0 aliphatic carbocycles. The van der Waals surface area contributed by atoms with Crippen LogP contribution in [0.25, 0.3) is 0 Å². The lowest BCUT2D eigenvalue weighted by atomic mass is 10.1. The van der Waals surface area contributed by atoms with Crippen molar-refractivity contribution >= 4 is 5.78 Å². The summed E-state index contributed by atoms with van der Waals surface area (Å²) in [7, 11) is 0. The molecule has 2 rings (SSSR count). The van der Waals surface area contributed by atoms with Gasteiger partial charge in [-0.15, -0.1) is 0 Å². The van der Waals surface area contributed by atoms with E-state index in [0.29, 0.717) is 25.6 Å². The lowest BCUT2D eigenvalue weighted by molar-refractivity contribution is -0.120. The molecule has 1 aliphatic heterocycles. The Kier molecular flexibility index (Phi) is 5.54. The first-order valence-electron chi connectivity index (χ1n) is 7.13. The van der Waals surface area contributed by atoms with Gasteiger partial charge in [0, 0.05) is 25.4 Å². The number of ether oxygens (including phenoxy) is 1. The fraction of sp³-hybridized carbons (Fsp3) is 0.714. The summed E-state index contributed by atoms with van der Waals surface area (Å²) in [5, 5.41) is 3.30. The number of carbonyl (C=O) groups is 1. The summed E-state index contributed by atoms with van der Waals surface area (Å²) in [6.45, 7) is 5.49. The van der Waals surface area contributed by atoms with Crippen LogP contribution in [0.1, 0.15) is 32.0 Å². The number of Topliss-reactive ketones (excluding diaryl/α,β-unsaturated/α-hetero) is 1. The Bertz CT molecular complexity index is 397. The average molecular weight is 265 g/mol. The van der Waals surface area contributed by atoms with Crippen molar-refractivity contribution in [2.75, 3.05) is 19.7 Å². The molecule has 0 spiro atoms. The van der Waals surface area contributed by atoms with E-state index in [4.69, 9.17) is 4.74 Å². The molecule has 2 heterocycles. The highest BCUT2D eigenvalue weighted by atomic mass is 16.5. The van der Waals surface area contributed by atoms with Crippen LogP contribution < -0.4 is 5.32 Å². The minimum Gasteiger partial charge on any atom is -0.378 e. The van der Waals surface area contributed by atoms with Crippen LogP contribution >= 0.6 is 0 Å². The second kappa shape index (κ2) is 7.40. The number of carbonyl (C=O) groups excluding carboxylic acids is 1. The highest BCUT2D eigenvalue weighted by molar-refractivity contribution is 5.80. The number of imidazole rings is 1. The number of nitrogens with one attached hydrogen (secondary N) is 1. The normalized spacial score (nSPS) is 16.7. The van der Waals surface area contributed by atoms with E-state index in [9.17, 15) is 4.79 Å². The molecule has 0 saturated carbocycles. The van der Waals surface area contributed by atoms with Gasteiger partial charge in [-0.3, -0.25) is 4.79 Å². The van der Waals surface area contributed by atoms with E-state index in [1.807, 2.05) is 10.8 Å². The van der Waals surface area contributed by atoms with Crippen molar-refractivity contribution in [1.29, 1.82) is 0 Å². The molecule has 106 valence electrons. The van der Waals surface area contributed by atoms with Gasteiger partial charge in [0.05, 0.1) is 19.1 Å². The van der Waals surface area contributed by atoms with Crippen molar-refractivity contribution < 1.29 is 9.53 Å². The van der Waals surface area contributed by atoms with E-state index in [-0.39, 0.29) is 5.78 Å². The van der Waals surface area contributed by atoms with E-state index in [2.05, 4.69) is 17.2 Å². The number of ketones is 1. The molecule has 0 atom stereocenters. The topological polar surface area (TPSA) is 56.2 Å². The quantitative estimate of drug-likeness (QED) is 0.804. The Morgan fingerprint density at radius 1 is 1.53 bits per heavy atom. The lowest BCUT2D eigenvalue weighted by Gasteiger charge is -2.22. The smallest absolute Gasteiger partial charge is 0.142 e. The zero-order chi connectivity index (χ0) is 13.5. The largest absolute Gasteiger partial charge is 0.378 e. The maximum Gasteiger partial charge on any atom is 0.142 e. The summed E-state index contributed by atoms with van der Waals surface area (Å²) in [5.74, 6) is 1.06. The van der Waals surface area contributed by atoms with E-state index < -0.39 is 0 Å². The highest BCUT2D eigenvalue weighted by Gasteiger charge is 2.14. The lowest BCUT2D eigenvalue weighted by Crippen LogP contribution is -2.32. The number of hydrogen-bond acceptors (Lipinski definition) is 4. The minimum absolute atomic E-state index is 0.204. The van der Waals surface area contributed by atoms with Gasteiger partial charge >= 0.3 is 0 Å². The van der Waals surface area contributed by atoms with Crippen LogP contribution in [0.4, 0.5) is 0 Å². The molecule has 0 aromatic carbocycles.